The molecule has 2 aromatic rings. The third-order valence-electron chi connectivity index (χ3n) is 3.37. The van der Waals surface area contributed by atoms with Crippen LogP contribution < -0.4 is 5.32 Å². The minimum atomic E-state index is 0.320. The summed E-state index contributed by atoms with van der Waals surface area (Å²) >= 11 is 0. The molecular formula is C16H23N3. The zero-order chi connectivity index (χ0) is 13.7. The number of hydrogen-bond acceptors (Lipinski definition) is 2. The van der Waals surface area contributed by atoms with Gasteiger partial charge in [-0.2, -0.15) is 5.10 Å². The Morgan fingerprint density at radius 2 is 2.16 bits per heavy atom. The van der Waals surface area contributed by atoms with Crippen LogP contribution in [0.25, 0.3) is 0 Å². The minimum absolute atomic E-state index is 0.320. The van der Waals surface area contributed by atoms with Gasteiger partial charge in [0, 0.05) is 12.4 Å². The van der Waals surface area contributed by atoms with E-state index in [1.807, 2.05) is 23.1 Å². The number of nitrogens with one attached hydrogen (secondary N) is 1. The summed E-state index contributed by atoms with van der Waals surface area (Å²) in [5.74, 6) is 0. The topological polar surface area (TPSA) is 29.9 Å². The van der Waals surface area contributed by atoms with Gasteiger partial charge in [0.05, 0.1) is 12.6 Å². The highest BCUT2D eigenvalue weighted by atomic mass is 15.3. The lowest BCUT2D eigenvalue weighted by atomic mass is 9.99. The van der Waals surface area contributed by atoms with E-state index in [-0.39, 0.29) is 0 Å². The molecule has 0 saturated heterocycles. The monoisotopic (exact) mass is 257 g/mol. The zero-order valence-electron chi connectivity index (χ0n) is 12.1. The van der Waals surface area contributed by atoms with Gasteiger partial charge in [0.2, 0.25) is 0 Å². The highest BCUT2D eigenvalue weighted by molar-refractivity contribution is 5.32. The molecule has 0 spiro atoms. The van der Waals surface area contributed by atoms with Gasteiger partial charge in [0.1, 0.15) is 0 Å². The number of hydrogen-bond donors (Lipinski definition) is 1. The summed E-state index contributed by atoms with van der Waals surface area (Å²) in [5, 5.41) is 7.94. The van der Waals surface area contributed by atoms with Gasteiger partial charge in [-0.05, 0) is 44.0 Å². The minimum Gasteiger partial charge on any atom is -0.308 e. The van der Waals surface area contributed by atoms with Gasteiger partial charge in [-0.25, -0.2) is 0 Å². The number of rotatable bonds is 6. The van der Waals surface area contributed by atoms with E-state index in [0.29, 0.717) is 6.04 Å². The maximum Gasteiger partial charge on any atom is 0.0604 e. The molecule has 102 valence electrons. The summed E-state index contributed by atoms with van der Waals surface area (Å²) in [6.07, 6.45) is 4.99. The second-order valence-electron chi connectivity index (χ2n) is 5.09. The van der Waals surface area contributed by atoms with Crippen LogP contribution in [-0.2, 0) is 6.54 Å². The second kappa shape index (κ2) is 6.53. The molecule has 0 amide bonds. The van der Waals surface area contributed by atoms with E-state index in [2.05, 4.69) is 49.4 Å². The molecule has 1 aromatic heterocycles. The fourth-order valence-electron chi connectivity index (χ4n) is 2.40. The molecule has 1 aromatic carbocycles. The average Bonchev–Trinajstić information content (AvgIpc) is 2.88. The van der Waals surface area contributed by atoms with Gasteiger partial charge in [-0.1, -0.05) is 30.7 Å². The SMILES string of the molecule is CCCNC(Cn1cccn1)c1ccc(C)cc1C. The van der Waals surface area contributed by atoms with Crippen molar-refractivity contribution in [3.05, 3.63) is 53.3 Å². The molecule has 0 saturated carbocycles. The summed E-state index contributed by atoms with van der Waals surface area (Å²) in [4.78, 5) is 0. The second-order valence-corrected chi connectivity index (χ2v) is 5.09. The predicted octanol–water partition coefficient (Wildman–Crippen LogP) is 3.24. The maximum absolute atomic E-state index is 4.31. The van der Waals surface area contributed by atoms with E-state index in [4.69, 9.17) is 0 Å². The van der Waals surface area contributed by atoms with Crippen LogP contribution in [0.15, 0.2) is 36.7 Å². The largest absolute Gasteiger partial charge is 0.308 e. The zero-order valence-corrected chi connectivity index (χ0v) is 12.1. The van der Waals surface area contributed by atoms with E-state index < -0.39 is 0 Å². The van der Waals surface area contributed by atoms with Crippen LogP contribution in [0.3, 0.4) is 0 Å². The summed E-state index contributed by atoms with van der Waals surface area (Å²) < 4.78 is 1.99. The Bertz CT molecular complexity index is 503. The van der Waals surface area contributed by atoms with Crippen molar-refractivity contribution in [3.63, 3.8) is 0 Å². The molecule has 1 N–H and O–H groups in total. The molecular weight excluding hydrogens is 234 g/mol. The van der Waals surface area contributed by atoms with Crippen molar-refractivity contribution < 1.29 is 0 Å². The molecule has 0 bridgehead atoms. The smallest absolute Gasteiger partial charge is 0.0604 e. The molecule has 3 nitrogen and oxygen atoms in total. The average molecular weight is 257 g/mol. The van der Waals surface area contributed by atoms with Crippen molar-refractivity contribution in [2.75, 3.05) is 6.54 Å². The third-order valence-corrected chi connectivity index (χ3v) is 3.37. The Morgan fingerprint density at radius 1 is 1.32 bits per heavy atom. The van der Waals surface area contributed by atoms with E-state index in [9.17, 15) is 0 Å². The molecule has 0 aliphatic carbocycles. The maximum atomic E-state index is 4.31. The Balaban J connectivity index is 2.20. The summed E-state index contributed by atoms with van der Waals surface area (Å²) in [6.45, 7) is 8.42. The lowest BCUT2D eigenvalue weighted by Crippen LogP contribution is -2.27. The van der Waals surface area contributed by atoms with E-state index in [1.165, 1.54) is 16.7 Å². The molecule has 19 heavy (non-hydrogen) atoms. The first kappa shape index (κ1) is 13.8. The molecule has 2 rings (SSSR count). The lowest BCUT2D eigenvalue weighted by molar-refractivity contribution is 0.437. The van der Waals surface area contributed by atoms with Crippen LogP contribution in [0.2, 0.25) is 0 Å². The van der Waals surface area contributed by atoms with Crippen LogP contribution in [-0.4, -0.2) is 16.3 Å². The van der Waals surface area contributed by atoms with Crippen molar-refractivity contribution in [2.24, 2.45) is 0 Å². The van der Waals surface area contributed by atoms with E-state index in [0.717, 1.165) is 19.5 Å². The van der Waals surface area contributed by atoms with Crippen LogP contribution in [0, 0.1) is 13.8 Å². The van der Waals surface area contributed by atoms with Crippen LogP contribution >= 0.6 is 0 Å². The fraction of sp³-hybridized carbons (Fsp3) is 0.438. The fourth-order valence-corrected chi connectivity index (χ4v) is 2.40. The van der Waals surface area contributed by atoms with Gasteiger partial charge < -0.3 is 5.32 Å². The number of nitrogens with zero attached hydrogens (tertiary/aromatic N) is 2. The van der Waals surface area contributed by atoms with Crippen molar-refractivity contribution >= 4 is 0 Å². The first-order valence-electron chi connectivity index (χ1n) is 6.98. The van der Waals surface area contributed by atoms with Crippen molar-refractivity contribution in [3.8, 4) is 0 Å². The standard InChI is InChI=1S/C16H23N3/c1-4-8-17-16(12-19-10-5-9-18-19)15-7-6-13(2)11-14(15)3/h5-7,9-11,16-17H,4,8,12H2,1-3H3. The predicted molar refractivity (Wildman–Crippen MR) is 79.2 cm³/mol. The Kier molecular flexibility index (Phi) is 4.74. The van der Waals surface area contributed by atoms with E-state index in [1.54, 1.807) is 0 Å². The van der Waals surface area contributed by atoms with E-state index >= 15 is 0 Å². The van der Waals surface area contributed by atoms with Crippen molar-refractivity contribution in [1.29, 1.82) is 0 Å². The van der Waals surface area contributed by atoms with Gasteiger partial charge in [0.25, 0.3) is 0 Å². The van der Waals surface area contributed by atoms with Gasteiger partial charge in [-0.15, -0.1) is 0 Å². The third kappa shape index (κ3) is 3.67. The Hall–Kier alpha value is -1.61. The first-order chi connectivity index (χ1) is 9.20. The van der Waals surface area contributed by atoms with Crippen LogP contribution in [0.1, 0.15) is 36.1 Å². The summed E-state index contributed by atoms with van der Waals surface area (Å²) in [7, 11) is 0. The molecule has 0 fully saturated rings. The number of benzene rings is 1. The van der Waals surface area contributed by atoms with Gasteiger partial charge in [-0.3, -0.25) is 4.68 Å². The molecule has 3 heteroatoms. The highest BCUT2D eigenvalue weighted by Crippen LogP contribution is 2.20. The van der Waals surface area contributed by atoms with Crippen LogP contribution in [0.4, 0.5) is 0 Å². The van der Waals surface area contributed by atoms with Gasteiger partial charge >= 0.3 is 0 Å². The number of aromatic nitrogens is 2. The van der Waals surface area contributed by atoms with Crippen molar-refractivity contribution in [1.82, 2.24) is 15.1 Å². The Morgan fingerprint density at radius 3 is 2.79 bits per heavy atom. The molecule has 1 unspecified atom stereocenters. The Labute approximate surface area is 115 Å². The molecule has 0 aliphatic rings. The van der Waals surface area contributed by atoms with Crippen molar-refractivity contribution in [2.45, 2.75) is 39.8 Å². The molecule has 1 atom stereocenters. The lowest BCUT2D eigenvalue weighted by Gasteiger charge is -2.21. The normalized spacial score (nSPS) is 12.6. The van der Waals surface area contributed by atoms with Crippen LogP contribution in [0.5, 0.6) is 0 Å². The van der Waals surface area contributed by atoms with Gasteiger partial charge in [0.15, 0.2) is 0 Å². The molecule has 1 heterocycles. The molecule has 0 aliphatic heterocycles. The summed E-state index contributed by atoms with van der Waals surface area (Å²) in [5.41, 5.74) is 4.03. The highest BCUT2D eigenvalue weighted by Gasteiger charge is 2.13. The summed E-state index contributed by atoms with van der Waals surface area (Å²) in [6, 6.07) is 8.96. The molecule has 0 radical (unpaired) electrons. The number of aryl methyl sites for hydroxylation is 2. The first-order valence-corrected chi connectivity index (χ1v) is 6.98. The quantitative estimate of drug-likeness (QED) is 0.861.